The Balaban J connectivity index is 2.73. The molecular weight excluding hydrogens is 387 g/mol. The number of rotatable bonds is 7. The Hall–Kier alpha value is -1.15. The first-order valence-corrected chi connectivity index (χ1v) is 7.73. The van der Waals surface area contributed by atoms with Crippen molar-refractivity contribution >= 4 is 34.5 Å². The number of esters is 2. The number of benzene rings is 1. The quantitative estimate of drug-likeness (QED) is 0.515. The fraction of sp³-hybridized carbons (Fsp3) is 0.467. The normalized spacial score (nSPS) is 11.8. The van der Waals surface area contributed by atoms with Gasteiger partial charge in [-0.2, -0.15) is 0 Å². The lowest BCUT2D eigenvalue weighted by atomic mass is 10.1. The lowest BCUT2D eigenvalue weighted by Gasteiger charge is -2.10. The van der Waals surface area contributed by atoms with Crippen LogP contribution < -0.4 is 0 Å². The summed E-state index contributed by atoms with van der Waals surface area (Å²) in [6.07, 6.45) is 0.653. The van der Waals surface area contributed by atoms with Crippen molar-refractivity contribution in [2.24, 2.45) is 0 Å². The molecule has 0 aliphatic heterocycles. The van der Waals surface area contributed by atoms with Crippen molar-refractivity contribution in [1.82, 2.24) is 0 Å². The maximum absolute atomic E-state index is 12.0. The molecule has 0 N–H and O–H groups in total. The van der Waals surface area contributed by atoms with Crippen LogP contribution >= 0.6 is 22.6 Å². The van der Waals surface area contributed by atoms with Gasteiger partial charge in [-0.3, -0.25) is 0 Å². The van der Waals surface area contributed by atoms with E-state index in [0.29, 0.717) is 24.2 Å². The second-order valence-electron chi connectivity index (χ2n) is 4.42. The Morgan fingerprint density at radius 3 is 2.24 bits per heavy atom. The molecule has 1 rings (SSSR count). The molecule has 5 nitrogen and oxygen atoms in total. The number of halogens is 1. The molecule has 0 radical (unpaired) electrons. The largest absolute Gasteiger partial charge is 0.462 e. The molecule has 0 bridgehead atoms. The van der Waals surface area contributed by atoms with Crippen LogP contribution in [0, 0.1) is 3.57 Å². The van der Waals surface area contributed by atoms with Crippen molar-refractivity contribution in [2.45, 2.75) is 26.4 Å². The molecule has 1 atom stereocenters. The first-order valence-electron chi connectivity index (χ1n) is 6.65. The highest BCUT2D eigenvalue weighted by Gasteiger charge is 2.14. The minimum atomic E-state index is -0.456. The summed E-state index contributed by atoms with van der Waals surface area (Å²) in [5, 5.41) is 0. The van der Waals surface area contributed by atoms with Crippen molar-refractivity contribution in [2.75, 3.05) is 20.3 Å². The maximum atomic E-state index is 12.0. The van der Waals surface area contributed by atoms with Gasteiger partial charge >= 0.3 is 11.9 Å². The first-order chi connectivity index (χ1) is 9.97. The van der Waals surface area contributed by atoms with E-state index in [4.69, 9.17) is 14.2 Å². The topological polar surface area (TPSA) is 61.8 Å². The van der Waals surface area contributed by atoms with E-state index < -0.39 is 11.9 Å². The highest BCUT2D eigenvalue weighted by atomic mass is 127. The molecule has 6 heteroatoms. The Bertz CT molecular complexity index is 501. The van der Waals surface area contributed by atoms with Gasteiger partial charge < -0.3 is 14.2 Å². The number of hydrogen-bond acceptors (Lipinski definition) is 5. The van der Waals surface area contributed by atoms with E-state index >= 15 is 0 Å². The molecule has 1 aromatic rings. The van der Waals surface area contributed by atoms with Crippen molar-refractivity contribution in [1.29, 1.82) is 0 Å². The van der Waals surface area contributed by atoms with E-state index in [-0.39, 0.29) is 12.7 Å². The van der Waals surface area contributed by atoms with Gasteiger partial charge in [-0.25, -0.2) is 9.59 Å². The lowest BCUT2D eigenvalue weighted by Crippen LogP contribution is -2.14. The van der Waals surface area contributed by atoms with E-state index in [1.54, 1.807) is 26.2 Å². The molecule has 1 unspecified atom stereocenters. The smallest absolute Gasteiger partial charge is 0.338 e. The zero-order chi connectivity index (χ0) is 15.8. The maximum Gasteiger partial charge on any atom is 0.338 e. The van der Waals surface area contributed by atoms with Gasteiger partial charge in [0.2, 0.25) is 0 Å². The summed E-state index contributed by atoms with van der Waals surface area (Å²) in [6, 6.07) is 4.83. The molecule has 0 amide bonds. The predicted molar refractivity (Wildman–Crippen MR) is 86.5 cm³/mol. The van der Waals surface area contributed by atoms with Crippen LogP contribution in [0.2, 0.25) is 0 Å². The third-order valence-electron chi connectivity index (χ3n) is 2.80. The fourth-order valence-corrected chi connectivity index (χ4v) is 2.23. The molecule has 0 saturated heterocycles. The Labute approximate surface area is 138 Å². The number of hydrogen-bond donors (Lipinski definition) is 0. The summed E-state index contributed by atoms with van der Waals surface area (Å²) >= 11 is 2.04. The molecule has 0 heterocycles. The highest BCUT2D eigenvalue weighted by molar-refractivity contribution is 14.1. The molecule has 0 fully saturated rings. The van der Waals surface area contributed by atoms with Gasteiger partial charge in [0, 0.05) is 17.1 Å². The zero-order valence-electron chi connectivity index (χ0n) is 12.3. The molecule has 116 valence electrons. The van der Waals surface area contributed by atoms with Gasteiger partial charge in [-0.15, -0.1) is 0 Å². The second kappa shape index (κ2) is 8.99. The average molecular weight is 406 g/mol. The van der Waals surface area contributed by atoms with Crippen LogP contribution in [0.25, 0.3) is 0 Å². The van der Waals surface area contributed by atoms with Crippen LogP contribution in [0.3, 0.4) is 0 Å². The van der Waals surface area contributed by atoms with Crippen molar-refractivity contribution < 1.29 is 23.8 Å². The third kappa shape index (κ3) is 6.01. The van der Waals surface area contributed by atoms with E-state index in [0.717, 1.165) is 3.57 Å². The molecule has 0 aromatic heterocycles. The van der Waals surface area contributed by atoms with Gasteiger partial charge in [0.1, 0.15) is 0 Å². The zero-order valence-corrected chi connectivity index (χ0v) is 14.5. The van der Waals surface area contributed by atoms with Gasteiger partial charge in [0.15, 0.2) is 0 Å². The third-order valence-corrected chi connectivity index (χ3v) is 3.43. The van der Waals surface area contributed by atoms with Gasteiger partial charge in [0.25, 0.3) is 0 Å². The minimum Gasteiger partial charge on any atom is -0.462 e. The van der Waals surface area contributed by atoms with Crippen molar-refractivity contribution in [3.05, 3.63) is 32.9 Å². The van der Waals surface area contributed by atoms with Crippen LogP contribution in [0.5, 0.6) is 0 Å². The van der Waals surface area contributed by atoms with Crippen LogP contribution in [-0.4, -0.2) is 38.4 Å². The molecule has 0 aliphatic carbocycles. The second-order valence-corrected chi connectivity index (χ2v) is 5.67. The van der Waals surface area contributed by atoms with E-state index in [2.05, 4.69) is 0 Å². The number of carbonyl (C=O) groups is 2. The predicted octanol–water partition coefficient (Wildman–Crippen LogP) is 3.05. The lowest BCUT2D eigenvalue weighted by molar-refractivity contribution is 0.0391. The summed E-state index contributed by atoms with van der Waals surface area (Å²) < 4.78 is 16.0. The van der Waals surface area contributed by atoms with Gasteiger partial charge in [-0.05, 0) is 54.6 Å². The van der Waals surface area contributed by atoms with Gasteiger partial charge in [0.05, 0.1) is 30.4 Å². The van der Waals surface area contributed by atoms with Crippen molar-refractivity contribution in [3.8, 4) is 0 Å². The molecule has 0 saturated carbocycles. The molecule has 21 heavy (non-hydrogen) atoms. The fourth-order valence-electron chi connectivity index (χ4n) is 1.56. The Morgan fingerprint density at radius 1 is 1.14 bits per heavy atom. The Kier molecular flexibility index (Phi) is 7.66. The summed E-state index contributed by atoms with van der Waals surface area (Å²) in [7, 11) is 1.61. The van der Waals surface area contributed by atoms with Crippen LogP contribution in [0.15, 0.2) is 18.2 Å². The molecule has 0 aliphatic rings. The number of methoxy groups -OCH3 is 1. The monoisotopic (exact) mass is 406 g/mol. The van der Waals surface area contributed by atoms with Crippen molar-refractivity contribution in [3.63, 3.8) is 0 Å². The first kappa shape index (κ1) is 17.9. The average Bonchev–Trinajstić information content (AvgIpc) is 2.46. The SMILES string of the molecule is CCOC(=O)c1cc(I)cc(C(=O)OCCC(C)OC)c1. The Morgan fingerprint density at radius 2 is 1.71 bits per heavy atom. The standard InChI is InChI=1S/C15H19IO5/c1-4-20-14(17)11-7-12(9-13(16)8-11)15(18)21-6-5-10(2)19-3/h7-10H,4-6H2,1-3H3. The van der Waals surface area contributed by atoms with Crippen LogP contribution in [0.1, 0.15) is 41.0 Å². The minimum absolute atomic E-state index is 0.0313. The molecular formula is C15H19IO5. The van der Waals surface area contributed by atoms with Gasteiger partial charge in [-0.1, -0.05) is 0 Å². The summed E-state index contributed by atoms with van der Waals surface area (Å²) in [6.45, 7) is 4.20. The van der Waals surface area contributed by atoms with E-state index in [9.17, 15) is 9.59 Å². The number of ether oxygens (including phenoxy) is 3. The highest BCUT2D eigenvalue weighted by Crippen LogP contribution is 2.15. The van der Waals surface area contributed by atoms with E-state index in [1.807, 2.05) is 29.5 Å². The number of carbonyl (C=O) groups excluding carboxylic acids is 2. The summed E-state index contributed by atoms with van der Waals surface area (Å²) in [4.78, 5) is 23.7. The van der Waals surface area contributed by atoms with Crippen LogP contribution in [-0.2, 0) is 14.2 Å². The van der Waals surface area contributed by atoms with Crippen LogP contribution in [0.4, 0.5) is 0 Å². The molecule has 1 aromatic carbocycles. The summed E-state index contributed by atoms with van der Waals surface area (Å²) in [5.41, 5.74) is 0.691. The van der Waals surface area contributed by atoms with E-state index in [1.165, 1.54) is 6.07 Å². The summed E-state index contributed by atoms with van der Waals surface area (Å²) in [5.74, 6) is -0.902. The molecule has 0 spiro atoms.